The maximum Gasteiger partial charge on any atom is 0.0360 e. The highest BCUT2D eigenvalue weighted by atomic mass is 16.3. The summed E-state index contributed by atoms with van der Waals surface area (Å²) in [5.74, 6) is -0.709. The first-order valence-corrected chi connectivity index (χ1v) is 3.75. The van der Waals surface area contributed by atoms with Crippen LogP contribution in [0.25, 0.3) is 0 Å². The summed E-state index contributed by atoms with van der Waals surface area (Å²) in [5.41, 5.74) is 6.40. The summed E-state index contributed by atoms with van der Waals surface area (Å²) in [5, 5.41) is 17.3. The number of hydrogen-bond donors (Lipinski definition) is 2. The summed E-state index contributed by atoms with van der Waals surface area (Å²) >= 11 is 0. The van der Waals surface area contributed by atoms with Crippen molar-refractivity contribution in [2.45, 2.75) is 12.5 Å². The van der Waals surface area contributed by atoms with Crippen LogP contribution in [0, 0.1) is 5.41 Å². The standard InChI is InChI=1S/C9H12N2O/c10-8(9(11)12)6-7-4-2-1-3-5-7/h1-5,8H,6,10H2,(H2,11,12)/p-1. The van der Waals surface area contributed by atoms with Gasteiger partial charge in [0.05, 0.1) is 0 Å². The van der Waals surface area contributed by atoms with Crippen molar-refractivity contribution in [1.82, 2.24) is 0 Å². The van der Waals surface area contributed by atoms with E-state index in [0.717, 1.165) is 5.56 Å². The van der Waals surface area contributed by atoms with Gasteiger partial charge in [0.1, 0.15) is 0 Å². The van der Waals surface area contributed by atoms with E-state index in [1.807, 2.05) is 30.3 Å². The predicted octanol–water partition coefficient (Wildman–Crippen LogP) is -0.106. The van der Waals surface area contributed by atoms with Gasteiger partial charge in [0.25, 0.3) is 0 Å². The minimum Gasteiger partial charge on any atom is -0.861 e. The molecule has 0 radical (unpaired) electrons. The van der Waals surface area contributed by atoms with Crippen LogP contribution in [-0.4, -0.2) is 11.9 Å². The smallest absolute Gasteiger partial charge is 0.0360 e. The van der Waals surface area contributed by atoms with E-state index >= 15 is 0 Å². The highest BCUT2D eigenvalue weighted by Gasteiger charge is 2.00. The first-order chi connectivity index (χ1) is 5.70. The van der Waals surface area contributed by atoms with Gasteiger partial charge in [0.15, 0.2) is 0 Å². The molecule has 0 saturated carbocycles. The molecule has 3 nitrogen and oxygen atoms in total. The quantitative estimate of drug-likeness (QED) is 0.482. The zero-order chi connectivity index (χ0) is 8.97. The molecule has 0 spiro atoms. The van der Waals surface area contributed by atoms with Gasteiger partial charge in [0, 0.05) is 6.04 Å². The van der Waals surface area contributed by atoms with Gasteiger partial charge in [-0.05, 0) is 17.9 Å². The van der Waals surface area contributed by atoms with Crippen molar-refractivity contribution in [2.75, 3.05) is 0 Å². The lowest BCUT2D eigenvalue weighted by Gasteiger charge is -2.16. The Morgan fingerprint density at radius 3 is 2.50 bits per heavy atom. The summed E-state index contributed by atoms with van der Waals surface area (Å²) in [6, 6.07) is 8.77. The van der Waals surface area contributed by atoms with Crippen molar-refractivity contribution in [3.8, 4) is 0 Å². The summed E-state index contributed by atoms with van der Waals surface area (Å²) in [4.78, 5) is 0. The summed E-state index contributed by atoms with van der Waals surface area (Å²) in [6.45, 7) is 0. The van der Waals surface area contributed by atoms with E-state index < -0.39 is 11.9 Å². The summed E-state index contributed by atoms with van der Waals surface area (Å²) < 4.78 is 0. The molecule has 0 aromatic heterocycles. The van der Waals surface area contributed by atoms with Gasteiger partial charge in [0.2, 0.25) is 0 Å². The first kappa shape index (κ1) is 8.74. The maximum atomic E-state index is 10.5. The molecule has 1 atom stereocenters. The van der Waals surface area contributed by atoms with Crippen LogP contribution in [0.3, 0.4) is 0 Å². The largest absolute Gasteiger partial charge is 0.861 e. The van der Waals surface area contributed by atoms with Crippen molar-refractivity contribution < 1.29 is 5.11 Å². The van der Waals surface area contributed by atoms with Gasteiger partial charge in [-0.15, -0.1) is 0 Å². The zero-order valence-electron chi connectivity index (χ0n) is 6.66. The van der Waals surface area contributed by atoms with Crippen LogP contribution in [0.4, 0.5) is 0 Å². The Hall–Kier alpha value is -1.35. The predicted molar refractivity (Wildman–Crippen MR) is 45.8 cm³/mol. The first-order valence-electron chi connectivity index (χ1n) is 3.75. The van der Waals surface area contributed by atoms with E-state index in [1.54, 1.807) is 0 Å². The Morgan fingerprint density at radius 1 is 1.42 bits per heavy atom. The molecule has 0 aliphatic rings. The maximum absolute atomic E-state index is 10.5. The highest BCUT2D eigenvalue weighted by Crippen LogP contribution is 2.00. The average Bonchev–Trinajstić information content (AvgIpc) is 2.06. The molecule has 0 heterocycles. The third-order valence-corrected chi connectivity index (χ3v) is 1.64. The van der Waals surface area contributed by atoms with Crippen molar-refractivity contribution in [3.05, 3.63) is 35.9 Å². The lowest BCUT2D eigenvalue weighted by atomic mass is 10.1. The van der Waals surface area contributed by atoms with Crippen LogP contribution >= 0.6 is 0 Å². The second kappa shape index (κ2) is 3.88. The Morgan fingerprint density at radius 2 is 2.00 bits per heavy atom. The van der Waals surface area contributed by atoms with Gasteiger partial charge in [-0.3, -0.25) is 0 Å². The minimum absolute atomic E-state index is 0.448. The fourth-order valence-electron chi connectivity index (χ4n) is 0.961. The third kappa shape index (κ3) is 2.36. The van der Waals surface area contributed by atoms with Gasteiger partial charge in [-0.1, -0.05) is 30.3 Å². The van der Waals surface area contributed by atoms with Crippen LogP contribution < -0.4 is 10.8 Å². The van der Waals surface area contributed by atoms with Gasteiger partial charge >= 0.3 is 0 Å². The van der Waals surface area contributed by atoms with E-state index in [2.05, 4.69) is 0 Å². The van der Waals surface area contributed by atoms with Crippen LogP contribution in [0.2, 0.25) is 0 Å². The van der Waals surface area contributed by atoms with E-state index in [9.17, 15) is 5.11 Å². The Kier molecular flexibility index (Phi) is 2.82. The minimum atomic E-state index is -0.709. The number of hydrogen-bond acceptors (Lipinski definition) is 3. The Balaban J connectivity index is 2.58. The normalized spacial score (nSPS) is 12.4. The number of nitrogens with two attached hydrogens (primary N) is 1. The van der Waals surface area contributed by atoms with Gasteiger partial charge in [-0.25, -0.2) is 0 Å². The molecule has 0 saturated heterocycles. The van der Waals surface area contributed by atoms with Gasteiger partial charge in [-0.2, -0.15) is 0 Å². The molecule has 0 aliphatic heterocycles. The SMILES string of the molecule is N=C([O-])C(N)Cc1ccccc1. The molecule has 3 heteroatoms. The Bertz CT molecular complexity index is 258. The van der Waals surface area contributed by atoms with Crippen molar-refractivity contribution in [1.29, 1.82) is 5.41 Å². The lowest BCUT2D eigenvalue weighted by Crippen LogP contribution is -2.40. The molecule has 0 bridgehead atoms. The molecule has 1 unspecified atom stereocenters. The van der Waals surface area contributed by atoms with Crippen molar-refractivity contribution >= 4 is 5.90 Å². The van der Waals surface area contributed by atoms with Crippen LogP contribution in [-0.2, 0) is 6.42 Å². The molecular formula is C9H11N2O-. The van der Waals surface area contributed by atoms with Crippen LogP contribution in [0.1, 0.15) is 5.56 Å². The average molecular weight is 163 g/mol. The van der Waals surface area contributed by atoms with E-state index in [4.69, 9.17) is 11.1 Å². The molecule has 0 fully saturated rings. The molecule has 1 aromatic carbocycles. The van der Waals surface area contributed by atoms with E-state index in [0.29, 0.717) is 6.42 Å². The second-order valence-electron chi connectivity index (χ2n) is 2.66. The number of rotatable bonds is 3. The van der Waals surface area contributed by atoms with E-state index in [-0.39, 0.29) is 0 Å². The molecule has 12 heavy (non-hydrogen) atoms. The molecule has 1 aromatic rings. The molecular weight excluding hydrogens is 152 g/mol. The number of nitrogens with one attached hydrogen (secondary N) is 1. The van der Waals surface area contributed by atoms with Crippen LogP contribution in [0.5, 0.6) is 0 Å². The molecule has 3 N–H and O–H groups in total. The lowest BCUT2D eigenvalue weighted by molar-refractivity contribution is -0.222. The summed E-state index contributed by atoms with van der Waals surface area (Å²) in [6.07, 6.45) is 0.448. The molecule has 0 aliphatic carbocycles. The fraction of sp³-hybridized carbons (Fsp3) is 0.222. The molecule has 0 amide bonds. The van der Waals surface area contributed by atoms with E-state index in [1.165, 1.54) is 0 Å². The molecule has 1 rings (SSSR count). The Labute approximate surface area is 71.3 Å². The van der Waals surface area contributed by atoms with Gasteiger partial charge < -0.3 is 16.2 Å². The highest BCUT2D eigenvalue weighted by molar-refractivity contribution is 5.74. The zero-order valence-corrected chi connectivity index (χ0v) is 6.66. The number of benzene rings is 1. The third-order valence-electron chi connectivity index (χ3n) is 1.64. The van der Waals surface area contributed by atoms with Crippen molar-refractivity contribution in [2.24, 2.45) is 5.73 Å². The second-order valence-corrected chi connectivity index (χ2v) is 2.66. The van der Waals surface area contributed by atoms with Crippen LogP contribution in [0.15, 0.2) is 30.3 Å². The fourth-order valence-corrected chi connectivity index (χ4v) is 0.961. The topological polar surface area (TPSA) is 72.9 Å². The monoisotopic (exact) mass is 163 g/mol. The van der Waals surface area contributed by atoms with Crippen molar-refractivity contribution in [3.63, 3.8) is 0 Å². The summed E-state index contributed by atoms with van der Waals surface area (Å²) in [7, 11) is 0. The molecule has 64 valence electrons.